The van der Waals surface area contributed by atoms with E-state index in [1.54, 1.807) is 12.4 Å². The van der Waals surface area contributed by atoms with Crippen molar-refractivity contribution in [3.8, 4) is 0 Å². The first-order chi connectivity index (χ1) is 10.6. The van der Waals surface area contributed by atoms with E-state index < -0.39 is 5.41 Å². The first-order valence-corrected chi connectivity index (χ1v) is 7.31. The molecule has 1 aliphatic carbocycles. The third-order valence-corrected chi connectivity index (χ3v) is 4.20. The van der Waals surface area contributed by atoms with Crippen molar-refractivity contribution in [1.82, 2.24) is 10.3 Å². The van der Waals surface area contributed by atoms with Crippen LogP contribution in [0.15, 0.2) is 36.7 Å². The average Bonchev–Trinajstić information content (AvgIpc) is 3.34. The Balaban J connectivity index is 1.66. The van der Waals surface area contributed by atoms with Crippen LogP contribution >= 0.6 is 0 Å². The molecule has 5 heteroatoms. The standard InChI is InChI=1S/C17H18N2O3/c1-22-16(21)17(6-7-17)11-19-15(20)8-13-10-18-9-12-4-2-3-5-14(12)13/h2-5,9-10H,6-8,11H2,1H3,(H,19,20). The molecule has 1 fully saturated rings. The molecule has 0 spiro atoms. The summed E-state index contributed by atoms with van der Waals surface area (Å²) in [7, 11) is 1.38. The first kappa shape index (κ1) is 14.5. The molecule has 1 aliphatic rings. The number of hydrogen-bond acceptors (Lipinski definition) is 4. The second kappa shape index (κ2) is 5.75. The smallest absolute Gasteiger partial charge is 0.313 e. The first-order valence-electron chi connectivity index (χ1n) is 7.31. The van der Waals surface area contributed by atoms with Crippen molar-refractivity contribution >= 4 is 22.6 Å². The third-order valence-electron chi connectivity index (χ3n) is 4.20. The summed E-state index contributed by atoms with van der Waals surface area (Å²) in [6.07, 6.45) is 5.31. The molecule has 1 saturated carbocycles. The summed E-state index contributed by atoms with van der Waals surface area (Å²) in [5, 5.41) is 4.89. The highest BCUT2D eigenvalue weighted by molar-refractivity contribution is 5.89. The zero-order valence-electron chi connectivity index (χ0n) is 12.5. The number of fused-ring (bicyclic) bond motifs is 1. The predicted octanol–water partition coefficient (Wildman–Crippen LogP) is 1.85. The van der Waals surface area contributed by atoms with Gasteiger partial charge in [0.05, 0.1) is 18.9 Å². The van der Waals surface area contributed by atoms with E-state index in [2.05, 4.69) is 10.3 Å². The summed E-state index contributed by atoms with van der Waals surface area (Å²) in [6, 6.07) is 7.85. The Labute approximate surface area is 128 Å². The van der Waals surface area contributed by atoms with Crippen molar-refractivity contribution in [3.63, 3.8) is 0 Å². The fraction of sp³-hybridized carbons (Fsp3) is 0.353. The Hall–Kier alpha value is -2.43. The van der Waals surface area contributed by atoms with E-state index in [1.807, 2.05) is 24.3 Å². The van der Waals surface area contributed by atoms with E-state index in [0.717, 1.165) is 29.2 Å². The van der Waals surface area contributed by atoms with Gasteiger partial charge in [-0.25, -0.2) is 0 Å². The van der Waals surface area contributed by atoms with Gasteiger partial charge in [-0.2, -0.15) is 0 Å². The summed E-state index contributed by atoms with van der Waals surface area (Å²) >= 11 is 0. The Morgan fingerprint density at radius 2 is 2.05 bits per heavy atom. The second-order valence-corrected chi connectivity index (χ2v) is 5.75. The van der Waals surface area contributed by atoms with E-state index in [9.17, 15) is 9.59 Å². The van der Waals surface area contributed by atoms with E-state index in [0.29, 0.717) is 6.54 Å². The molecule has 5 nitrogen and oxygen atoms in total. The average molecular weight is 298 g/mol. The predicted molar refractivity (Wildman–Crippen MR) is 82.1 cm³/mol. The van der Waals surface area contributed by atoms with Crippen molar-refractivity contribution in [3.05, 3.63) is 42.2 Å². The molecule has 3 rings (SSSR count). The number of rotatable bonds is 5. The highest BCUT2D eigenvalue weighted by Crippen LogP contribution is 2.46. The van der Waals surface area contributed by atoms with Crippen LogP contribution in [0.2, 0.25) is 0 Å². The number of amides is 1. The van der Waals surface area contributed by atoms with E-state index >= 15 is 0 Å². The molecule has 0 bridgehead atoms. The quantitative estimate of drug-likeness (QED) is 0.855. The Kier molecular flexibility index (Phi) is 3.79. The third kappa shape index (κ3) is 2.79. The molecule has 0 saturated heterocycles. The van der Waals surface area contributed by atoms with Gasteiger partial charge in [0, 0.05) is 24.3 Å². The topological polar surface area (TPSA) is 68.3 Å². The monoisotopic (exact) mass is 298 g/mol. The largest absolute Gasteiger partial charge is 0.469 e. The lowest BCUT2D eigenvalue weighted by atomic mass is 10.0. The molecule has 2 aromatic rings. The van der Waals surface area contributed by atoms with E-state index in [4.69, 9.17) is 4.74 Å². The number of nitrogens with one attached hydrogen (secondary N) is 1. The molecule has 1 N–H and O–H groups in total. The van der Waals surface area contributed by atoms with Crippen LogP contribution in [-0.2, 0) is 20.7 Å². The van der Waals surface area contributed by atoms with Gasteiger partial charge < -0.3 is 10.1 Å². The van der Waals surface area contributed by atoms with Gasteiger partial charge in [-0.1, -0.05) is 24.3 Å². The van der Waals surface area contributed by atoms with Crippen molar-refractivity contribution in [1.29, 1.82) is 0 Å². The highest BCUT2D eigenvalue weighted by atomic mass is 16.5. The maximum atomic E-state index is 12.2. The van der Waals surface area contributed by atoms with Gasteiger partial charge in [-0.05, 0) is 23.8 Å². The van der Waals surface area contributed by atoms with Crippen LogP contribution in [0.3, 0.4) is 0 Å². The fourth-order valence-electron chi connectivity index (χ4n) is 2.64. The normalized spacial score (nSPS) is 15.3. The minimum Gasteiger partial charge on any atom is -0.469 e. The molecule has 0 unspecified atom stereocenters. The molecule has 1 aromatic carbocycles. The molecular weight excluding hydrogens is 280 g/mol. The number of aromatic nitrogens is 1. The van der Waals surface area contributed by atoms with Crippen molar-refractivity contribution < 1.29 is 14.3 Å². The maximum Gasteiger partial charge on any atom is 0.313 e. The molecule has 1 amide bonds. The molecule has 0 aliphatic heterocycles. The molecule has 1 aromatic heterocycles. The van der Waals surface area contributed by atoms with Crippen LogP contribution in [0.4, 0.5) is 0 Å². The van der Waals surface area contributed by atoms with Crippen LogP contribution in [0, 0.1) is 5.41 Å². The van der Waals surface area contributed by atoms with Gasteiger partial charge in [0.15, 0.2) is 0 Å². The lowest BCUT2D eigenvalue weighted by Gasteiger charge is -2.13. The molecule has 0 radical (unpaired) electrons. The number of esters is 1. The van der Waals surface area contributed by atoms with Crippen molar-refractivity contribution in [2.24, 2.45) is 5.41 Å². The summed E-state index contributed by atoms with van der Waals surface area (Å²) in [5.41, 5.74) is 0.389. The number of methoxy groups -OCH3 is 1. The summed E-state index contributed by atoms with van der Waals surface area (Å²) in [4.78, 5) is 28.0. The summed E-state index contributed by atoms with van der Waals surface area (Å²) < 4.78 is 4.79. The fourth-order valence-corrected chi connectivity index (χ4v) is 2.64. The number of carbonyl (C=O) groups is 2. The Morgan fingerprint density at radius 1 is 1.27 bits per heavy atom. The molecule has 1 heterocycles. The highest BCUT2D eigenvalue weighted by Gasteiger charge is 2.51. The SMILES string of the molecule is COC(=O)C1(CNC(=O)Cc2cncc3ccccc23)CC1. The minimum atomic E-state index is -0.499. The van der Waals surface area contributed by atoms with Gasteiger partial charge in [-0.15, -0.1) is 0 Å². The van der Waals surface area contributed by atoms with Crippen LogP contribution in [-0.4, -0.2) is 30.5 Å². The number of benzene rings is 1. The lowest BCUT2D eigenvalue weighted by molar-refractivity contribution is -0.147. The number of ether oxygens (including phenoxy) is 1. The Morgan fingerprint density at radius 3 is 2.77 bits per heavy atom. The number of pyridine rings is 1. The van der Waals surface area contributed by atoms with Gasteiger partial charge in [0.2, 0.25) is 5.91 Å². The maximum absolute atomic E-state index is 12.2. The zero-order valence-corrected chi connectivity index (χ0v) is 12.5. The van der Waals surface area contributed by atoms with E-state index in [1.165, 1.54) is 7.11 Å². The van der Waals surface area contributed by atoms with Crippen LogP contribution < -0.4 is 5.32 Å². The van der Waals surface area contributed by atoms with E-state index in [-0.39, 0.29) is 18.3 Å². The van der Waals surface area contributed by atoms with Gasteiger partial charge in [0.25, 0.3) is 0 Å². The van der Waals surface area contributed by atoms with Crippen LogP contribution in [0.25, 0.3) is 10.8 Å². The lowest BCUT2D eigenvalue weighted by Crippen LogP contribution is -2.35. The van der Waals surface area contributed by atoms with Crippen molar-refractivity contribution in [2.45, 2.75) is 19.3 Å². The van der Waals surface area contributed by atoms with Gasteiger partial charge >= 0.3 is 5.97 Å². The molecule has 0 atom stereocenters. The molecule has 22 heavy (non-hydrogen) atoms. The summed E-state index contributed by atoms with van der Waals surface area (Å²) in [5.74, 6) is -0.340. The summed E-state index contributed by atoms with van der Waals surface area (Å²) in [6.45, 7) is 0.344. The van der Waals surface area contributed by atoms with Gasteiger partial charge in [0.1, 0.15) is 0 Å². The number of carbonyl (C=O) groups excluding carboxylic acids is 2. The molecule has 114 valence electrons. The molecular formula is C17H18N2O3. The second-order valence-electron chi connectivity index (χ2n) is 5.75. The minimum absolute atomic E-state index is 0.103. The number of hydrogen-bond donors (Lipinski definition) is 1. The van der Waals surface area contributed by atoms with Gasteiger partial charge in [-0.3, -0.25) is 14.6 Å². The van der Waals surface area contributed by atoms with Crippen molar-refractivity contribution in [2.75, 3.05) is 13.7 Å². The zero-order chi connectivity index (χ0) is 15.6. The van der Waals surface area contributed by atoms with Crippen LogP contribution in [0.5, 0.6) is 0 Å². The van der Waals surface area contributed by atoms with Crippen LogP contribution in [0.1, 0.15) is 18.4 Å². The number of nitrogens with zero attached hydrogens (tertiary/aromatic N) is 1. The Bertz CT molecular complexity index is 717.